The van der Waals surface area contributed by atoms with Crippen LogP contribution in [-0.4, -0.2) is 21.9 Å². The molecule has 7 nitrogen and oxygen atoms in total. The molecular formula is C18H14ClIN4O3. The molecule has 0 bridgehead atoms. The molecule has 9 heteroatoms. The lowest BCUT2D eigenvalue weighted by Gasteiger charge is -2.21. The van der Waals surface area contributed by atoms with E-state index in [0.29, 0.717) is 27.5 Å². The molecule has 0 fully saturated rings. The molecule has 4 rings (SSSR count). The van der Waals surface area contributed by atoms with Gasteiger partial charge in [0.25, 0.3) is 0 Å². The summed E-state index contributed by atoms with van der Waals surface area (Å²) in [4.78, 5) is 17.2. The summed E-state index contributed by atoms with van der Waals surface area (Å²) in [6.45, 7) is 1.91. The van der Waals surface area contributed by atoms with Crippen molar-refractivity contribution >= 4 is 45.1 Å². The van der Waals surface area contributed by atoms with Gasteiger partial charge in [-0.15, -0.1) is 5.10 Å². The number of dihydropyridines is 1. The molecule has 138 valence electrons. The fourth-order valence-electron chi connectivity index (χ4n) is 2.89. The van der Waals surface area contributed by atoms with Gasteiger partial charge in [0, 0.05) is 9.64 Å². The number of ether oxygens (including phenoxy) is 1. The van der Waals surface area contributed by atoms with Crippen molar-refractivity contribution in [2.24, 2.45) is 0 Å². The van der Waals surface area contributed by atoms with Gasteiger partial charge in [-0.3, -0.25) is 0 Å². The van der Waals surface area contributed by atoms with Gasteiger partial charge in [0.2, 0.25) is 11.8 Å². The number of hydrogen-bond acceptors (Lipinski definition) is 6. The molecule has 1 aromatic carbocycles. The molecule has 0 saturated heterocycles. The summed E-state index contributed by atoms with van der Waals surface area (Å²) in [6.07, 6.45) is 4.84. The lowest BCUT2D eigenvalue weighted by Crippen LogP contribution is -2.26. The Morgan fingerprint density at radius 1 is 1.37 bits per heavy atom. The van der Waals surface area contributed by atoms with Crippen molar-refractivity contribution in [1.82, 2.24) is 20.1 Å². The lowest BCUT2D eigenvalue weighted by atomic mass is 10.1. The van der Waals surface area contributed by atoms with Crippen molar-refractivity contribution in [2.45, 2.75) is 13.1 Å². The van der Waals surface area contributed by atoms with Crippen molar-refractivity contribution in [3.8, 4) is 17.5 Å². The molecule has 3 aromatic rings. The van der Waals surface area contributed by atoms with E-state index in [1.54, 1.807) is 35.2 Å². The summed E-state index contributed by atoms with van der Waals surface area (Å²) >= 11 is 8.49. The highest BCUT2D eigenvalue weighted by Crippen LogP contribution is 2.30. The monoisotopic (exact) mass is 496 g/mol. The largest absolute Gasteiger partial charge is 0.480 e. The van der Waals surface area contributed by atoms with Gasteiger partial charge in [0.1, 0.15) is 5.69 Å². The van der Waals surface area contributed by atoms with Crippen LogP contribution in [0.25, 0.3) is 22.5 Å². The zero-order valence-corrected chi connectivity index (χ0v) is 17.3. The van der Waals surface area contributed by atoms with Crippen molar-refractivity contribution in [3.05, 3.63) is 61.1 Å². The first-order valence-corrected chi connectivity index (χ1v) is 9.47. The van der Waals surface area contributed by atoms with Crippen molar-refractivity contribution in [1.29, 1.82) is 0 Å². The predicted molar refractivity (Wildman–Crippen MR) is 111 cm³/mol. The van der Waals surface area contributed by atoms with Gasteiger partial charge in [-0.1, -0.05) is 11.6 Å². The maximum absolute atomic E-state index is 12.6. The molecular weight excluding hydrogens is 483 g/mol. The molecule has 1 N–H and O–H groups in total. The van der Waals surface area contributed by atoms with Gasteiger partial charge >= 0.3 is 5.63 Å². The van der Waals surface area contributed by atoms with Crippen LogP contribution in [0, 0.1) is 10.5 Å². The van der Waals surface area contributed by atoms with E-state index in [0.717, 1.165) is 9.13 Å². The normalized spacial score (nSPS) is 16.3. The number of benzene rings is 1. The van der Waals surface area contributed by atoms with Crippen molar-refractivity contribution in [3.63, 3.8) is 0 Å². The number of halogens is 2. The molecule has 0 radical (unpaired) electrons. The van der Waals surface area contributed by atoms with Gasteiger partial charge in [-0.25, -0.2) is 14.5 Å². The minimum absolute atomic E-state index is 0.147. The van der Waals surface area contributed by atoms with Gasteiger partial charge in [0.05, 0.1) is 23.0 Å². The van der Waals surface area contributed by atoms with E-state index in [1.165, 1.54) is 7.11 Å². The second-order valence-electron chi connectivity index (χ2n) is 5.92. The zero-order chi connectivity index (χ0) is 19.1. The van der Waals surface area contributed by atoms with Crippen LogP contribution >= 0.6 is 34.2 Å². The Balaban J connectivity index is 1.94. The fraction of sp³-hybridized carbons (Fsp3) is 0.167. The molecule has 1 aliphatic heterocycles. The standard InChI is InChI=1S/C18H14ClIN4O3/c1-9-6-10(20)7-11-15(9)22-17(27-18(11)25)13-8-14(26-2)23-24(13)16-12(19)4-3-5-21-16/h3-8,16,21H,1-2H3. The fourth-order valence-corrected chi connectivity index (χ4v) is 3.90. The summed E-state index contributed by atoms with van der Waals surface area (Å²) in [6, 6.07) is 5.38. The third-order valence-corrected chi connectivity index (χ3v) is 5.10. The first kappa shape index (κ1) is 18.1. The molecule has 0 spiro atoms. The molecule has 1 aliphatic rings. The molecule has 3 heterocycles. The number of methoxy groups -OCH3 is 1. The number of nitrogens with zero attached hydrogens (tertiary/aromatic N) is 3. The number of aryl methyl sites for hydroxylation is 1. The molecule has 27 heavy (non-hydrogen) atoms. The molecule has 0 amide bonds. The predicted octanol–water partition coefficient (Wildman–Crippen LogP) is 3.71. The number of aromatic nitrogens is 3. The first-order valence-electron chi connectivity index (χ1n) is 8.01. The Kier molecular flexibility index (Phi) is 4.68. The molecule has 1 unspecified atom stereocenters. The van der Waals surface area contributed by atoms with Crippen LogP contribution in [0.3, 0.4) is 0 Å². The Hall–Kier alpha value is -2.33. The summed E-state index contributed by atoms with van der Waals surface area (Å²) in [5.74, 6) is 0.503. The van der Waals surface area contributed by atoms with Gasteiger partial charge in [-0.2, -0.15) is 0 Å². The molecule has 1 atom stereocenters. The van der Waals surface area contributed by atoms with E-state index in [1.807, 2.05) is 13.0 Å². The van der Waals surface area contributed by atoms with E-state index in [9.17, 15) is 4.79 Å². The second-order valence-corrected chi connectivity index (χ2v) is 7.60. The molecule has 0 saturated carbocycles. The van der Waals surface area contributed by atoms with Gasteiger partial charge in [0.15, 0.2) is 6.17 Å². The van der Waals surface area contributed by atoms with E-state index < -0.39 is 11.8 Å². The van der Waals surface area contributed by atoms with Gasteiger partial charge in [-0.05, 0) is 65.6 Å². The topological polar surface area (TPSA) is 82.2 Å². The summed E-state index contributed by atoms with van der Waals surface area (Å²) in [5.41, 5.74) is 1.50. The number of fused-ring (bicyclic) bond motifs is 1. The van der Waals surface area contributed by atoms with Crippen LogP contribution in [0.2, 0.25) is 0 Å². The van der Waals surface area contributed by atoms with Gasteiger partial charge < -0.3 is 14.5 Å². The average molecular weight is 497 g/mol. The maximum atomic E-state index is 12.6. The van der Waals surface area contributed by atoms with E-state index >= 15 is 0 Å². The van der Waals surface area contributed by atoms with Crippen LogP contribution < -0.4 is 15.7 Å². The van der Waals surface area contributed by atoms with Crippen molar-refractivity contribution in [2.75, 3.05) is 7.11 Å². The quantitative estimate of drug-likeness (QED) is 0.557. The highest BCUT2D eigenvalue weighted by molar-refractivity contribution is 14.1. The minimum Gasteiger partial charge on any atom is -0.480 e. The van der Waals surface area contributed by atoms with Crippen LogP contribution in [0.1, 0.15) is 11.7 Å². The maximum Gasteiger partial charge on any atom is 0.347 e. The zero-order valence-electron chi connectivity index (χ0n) is 14.4. The van der Waals surface area contributed by atoms with Crippen LogP contribution in [0.5, 0.6) is 5.88 Å². The Morgan fingerprint density at radius 3 is 2.93 bits per heavy atom. The van der Waals surface area contributed by atoms with E-state index in [-0.39, 0.29) is 5.89 Å². The highest BCUT2D eigenvalue weighted by Gasteiger charge is 2.24. The Labute approximate surface area is 172 Å². The SMILES string of the molecule is COc1cc(-c2nc3c(C)cc(I)cc3c(=O)o2)n(C2NC=CC=C2Cl)n1. The number of nitrogens with one attached hydrogen (secondary N) is 1. The minimum atomic E-state index is -0.462. The Morgan fingerprint density at radius 2 is 2.19 bits per heavy atom. The number of rotatable bonds is 3. The van der Waals surface area contributed by atoms with Crippen LogP contribution in [0.15, 0.2) is 50.8 Å². The third kappa shape index (κ3) is 3.23. The number of allylic oxidation sites excluding steroid dienone is 2. The molecule has 0 aliphatic carbocycles. The average Bonchev–Trinajstić information content (AvgIpc) is 3.07. The third-order valence-electron chi connectivity index (χ3n) is 4.14. The second kappa shape index (κ2) is 7.01. The summed E-state index contributed by atoms with van der Waals surface area (Å²) in [5, 5.41) is 8.48. The summed E-state index contributed by atoms with van der Waals surface area (Å²) < 4.78 is 13.3. The first-order chi connectivity index (χ1) is 13.0. The van der Waals surface area contributed by atoms with E-state index in [2.05, 4.69) is 38.0 Å². The lowest BCUT2D eigenvalue weighted by molar-refractivity contribution is 0.378. The van der Waals surface area contributed by atoms with Crippen LogP contribution in [0.4, 0.5) is 0 Å². The Bertz CT molecular complexity index is 1170. The summed E-state index contributed by atoms with van der Waals surface area (Å²) in [7, 11) is 1.51. The van der Waals surface area contributed by atoms with E-state index in [4.69, 9.17) is 20.8 Å². The smallest absolute Gasteiger partial charge is 0.347 e. The highest BCUT2D eigenvalue weighted by atomic mass is 127. The molecule has 2 aromatic heterocycles. The van der Waals surface area contributed by atoms with Crippen molar-refractivity contribution < 1.29 is 9.15 Å². The van der Waals surface area contributed by atoms with Crippen LogP contribution in [-0.2, 0) is 0 Å². The number of hydrogen-bond donors (Lipinski definition) is 1.